The maximum Gasteiger partial charge on any atom is 0.234 e. The molecule has 14 heavy (non-hydrogen) atoms. The van der Waals surface area contributed by atoms with E-state index in [9.17, 15) is 9.59 Å². The molecule has 0 N–H and O–H groups in total. The molecule has 2 atom stereocenters. The Morgan fingerprint density at radius 1 is 1.36 bits per heavy atom. The summed E-state index contributed by atoms with van der Waals surface area (Å²) in [6.07, 6.45) is 1.81. The van der Waals surface area contributed by atoms with Gasteiger partial charge in [-0.2, -0.15) is 0 Å². The van der Waals surface area contributed by atoms with Gasteiger partial charge in [0.25, 0.3) is 0 Å². The Labute approximate surface area is 83.2 Å². The lowest BCUT2D eigenvalue weighted by Gasteiger charge is -2.15. The summed E-state index contributed by atoms with van der Waals surface area (Å²) in [6, 6.07) is 0. The minimum absolute atomic E-state index is 0.0217. The molecule has 2 saturated heterocycles. The molecule has 2 aliphatic heterocycles. The summed E-state index contributed by atoms with van der Waals surface area (Å²) in [5.41, 5.74) is 0. The number of amides is 2. The monoisotopic (exact) mass is 194 g/mol. The number of hydrogen-bond acceptors (Lipinski definition) is 3. The first-order valence-corrected chi connectivity index (χ1v) is 4.80. The molecule has 0 radical (unpaired) electrons. The average molecular weight is 194 g/mol. The van der Waals surface area contributed by atoms with Crippen molar-refractivity contribution in [1.82, 2.24) is 9.80 Å². The third-order valence-electron chi connectivity index (χ3n) is 3.08. The number of likely N-dealkylation sites (tertiary alicyclic amines) is 2. The molecule has 4 heteroatoms. The first-order valence-electron chi connectivity index (χ1n) is 4.80. The van der Waals surface area contributed by atoms with Crippen molar-refractivity contribution in [3.8, 4) is 0 Å². The Morgan fingerprint density at radius 3 is 2.29 bits per heavy atom. The Kier molecular flexibility index (Phi) is 2.15. The number of fused-ring (bicyclic) bond motifs is 1. The molecule has 76 valence electrons. The lowest BCUT2D eigenvalue weighted by Crippen LogP contribution is -2.33. The van der Waals surface area contributed by atoms with Gasteiger partial charge in [-0.15, -0.1) is 6.58 Å². The van der Waals surface area contributed by atoms with Gasteiger partial charge < -0.3 is 0 Å². The molecule has 2 fully saturated rings. The normalized spacial score (nSPS) is 32.5. The first kappa shape index (κ1) is 9.40. The van der Waals surface area contributed by atoms with Crippen molar-refractivity contribution in [2.24, 2.45) is 11.8 Å². The molecule has 2 rings (SSSR count). The molecule has 0 saturated carbocycles. The minimum Gasteiger partial charge on any atom is -0.298 e. The fourth-order valence-electron chi connectivity index (χ4n) is 2.32. The fourth-order valence-corrected chi connectivity index (χ4v) is 2.32. The lowest BCUT2D eigenvalue weighted by molar-refractivity contribution is -0.138. The smallest absolute Gasteiger partial charge is 0.234 e. The molecule has 0 aromatic heterocycles. The zero-order valence-corrected chi connectivity index (χ0v) is 8.27. The second-order valence-electron chi connectivity index (χ2n) is 3.96. The van der Waals surface area contributed by atoms with Gasteiger partial charge in [-0.3, -0.25) is 19.4 Å². The maximum atomic E-state index is 11.6. The van der Waals surface area contributed by atoms with E-state index in [2.05, 4.69) is 11.5 Å². The first-order chi connectivity index (χ1) is 6.65. The molecule has 4 nitrogen and oxygen atoms in total. The van der Waals surface area contributed by atoms with Crippen molar-refractivity contribution in [2.45, 2.75) is 0 Å². The second-order valence-corrected chi connectivity index (χ2v) is 3.96. The SMILES string of the molecule is C=CCN1CC2C(=O)N(C)C(=O)C2C1. The molecule has 0 spiro atoms. The summed E-state index contributed by atoms with van der Waals surface area (Å²) in [7, 11) is 1.57. The van der Waals surface area contributed by atoms with E-state index in [0.717, 1.165) is 6.54 Å². The van der Waals surface area contributed by atoms with E-state index < -0.39 is 0 Å². The number of rotatable bonds is 2. The van der Waals surface area contributed by atoms with E-state index in [1.165, 1.54) is 4.90 Å². The van der Waals surface area contributed by atoms with Crippen LogP contribution in [0.1, 0.15) is 0 Å². The van der Waals surface area contributed by atoms with Gasteiger partial charge in [0.05, 0.1) is 11.8 Å². The Hall–Kier alpha value is -1.16. The average Bonchev–Trinajstić information content (AvgIpc) is 2.65. The van der Waals surface area contributed by atoms with Gasteiger partial charge in [0.1, 0.15) is 0 Å². The third-order valence-corrected chi connectivity index (χ3v) is 3.08. The van der Waals surface area contributed by atoms with Crippen LogP contribution in [0.3, 0.4) is 0 Å². The standard InChI is InChI=1S/C10H14N2O2/c1-3-4-12-5-7-8(6-12)10(14)11(2)9(7)13/h3,7-8H,1,4-6H2,2H3. The van der Waals surface area contributed by atoms with E-state index in [0.29, 0.717) is 13.1 Å². The van der Waals surface area contributed by atoms with E-state index in [1.54, 1.807) is 13.1 Å². The predicted octanol–water partition coefficient (Wildman–Crippen LogP) is -0.281. The summed E-state index contributed by atoms with van der Waals surface area (Å²) in [4.78, 5) is 26.6. The van der Waals surface area contributed by atoms with Gasteiger partial charge in [-0.1, -0.05) is 6.08 Å². The topological polar surface area (TPSA) is 40.6 Å². The van der Waals surface area contributed by atoms with Gasteiger partial charge in [-0.05, 0) is 0 Å². The highest BCUT2D eigenvalue weighted by Gasteiger charge is 2.50. The van der Waals surface area contributed by atoms with Gasteiger partial charge in [0.15, 0.2) is 0 Å². The van der Waals surface area contributed by atoms with Gasteiger partial charge >= 0.3 is 0 Å². The Bertz CT molecular complexity index is 276. The highest BCUT2D eigenvalue weighted by atomic mass is 16.2. The second kappa shape index (κ2) is 3.20. The summed E-state index contributed by atoms with van der Waals surface area (Å²) >= 11 is 0. The Morgan fingerprint density at radius 2 is 1.86 bits per heavy atom. The van der Waals surface area contributed by atoms with E-state index in [-0.39, 0.29) is 23.7 Å². The van der Waals surface area contributed by atoms with Gasteiger partial charge in [0, 0.05) is 26.7 Å². The Balaban J connectivity index is 2.12. The predicted molar refractivity (Wildman–Crippen MR) is 51.4 cm³/mol. The van der Waals surface area contributed by atoms with Crippen LogP contribution in [0.4, 0.5) is 0 Å². The molecule has 2 amide bonds. The van der Waals surface area contributed by atoms with Crippen LogP contribution in [0.5, 0.6) is 0 Å². The fraction of sp³-hybridized carbons (Fsp3) is 0.600. The van der Waals surface area contributed by atoms with Crippen LogP contribution in [0.2, 0.25) is 0 Å². The van der Waals surface area contributed by atoms with Crippen LogP contribution < -0.4 is 0 Å². The number of hydrogen-bond donors (Lipinski definition) is 0. The van der Waals surface area contributed by atoms with Gasteiger partial charge in [0.2, 0.25) is 11.8 Å². The zero-order valence-electron chi connectivity index (χ0n) is 8.27. The van der Waals surface area contributed by atoms with Crippen LogP contribution in [0.25, 0.3) is 0 Å². The molecule has 0 aromatic carbocycles. The van der Waals surface area contributed by atoms with E-state index in [1.807, 2.05) is 0 Å². The largest absolute Gasteiger partial charge is 0.298 e. The van der Waals surface area contributed by atoms with Crippen LogP contribution in [-0.4, -0.2) is 48.3 Å². The van der Waals surface area contributed by atoms with E-state index >= 15 is 0 Å². The van der Waals surface area contributed by atoms with Crippen LogP contribution in [-0.2, 0) is 9.59 Å². The van der Waals surface area contributed by atoms with E-state index in [4.69, 9.17) is 0 Å². The highest BCUT2D eigenvalue weighted by Crippen LogP contribution is 2.32. The highest BCUT2D eigenvalue weighted by molar-refractivity contribution is 6.05. The molecule has 0 aliphatic carbocycles. The quantitative estimate of drug-likeness (QED) is 0.448. The molecule has 2 unspecified atom stereocenters. The van der Waals surface area contributed by atoms with Crippen molar-refractivity contribution < 1.29 is 9.59 Å². The van der Waals surface area contributed by atoms with Crippen molar-refractivity contribution in [3.63, 3.8) is 0 Å². The van der Waals surface area contributed by atoms with Gasteiger partial charge in [-0.25, -0.2) is 0 Å². The molecule has 2 aliphatic rings. The van der Waals surface area contributed by atoms with Crippen molar-refractivity contribution in [1.29, 1.82) is 0 Å². The molecule has 0 aromatic rings. The third kappa shape index (κ3) is 1.18. The zero-order chi connectivity index (χ0) is 10.3. The van der Waals surface area contributed by atoms with Crippen LogP contribution in [0.15, 0.2) is 12.7 Å². The van der Waals surface area contributed by atoms with Crippen molar-refractivity contribution in [3.05, 3.63) is 12.7 Å². The summed E-state index contributed by atoms with van der Waals surface area (Å²) in [5.74, 6) is -0.252. The molecular formula is C10H14N2O2. The summed E-state index contributed by atoms with van der Waals surface area (Å²) in [5, 5.41) is 0. The minimum atomic E-state index is -0.104. The van der Waals surface area contributed by atoms with Crippen molar-refractivity contribution >= 4 is 11.8 Å². The summed E-state index contributed by atoms with van der Waals surface area (Å²) in [6.45, 7) is 5.81. The lowest BCUT2D eigenvalue weighted by atomic mass is 10.00. The number of carbonyl (C=O) groups excluding carboxylic acids is 2. The van der Waals surface area contributed by atoms with Crippen LogP contribution in [0, 0.1) is 11.8 Å². The molecule has 2 heterocycles. The number of imide groups is 1. The maximum absolute atomic E-state index is 11.6. The summed E-state index contributed by atoms with van der Waals surface area (Å²) < 4.78 is 0. The molecular weight excluding hydrogens is 180 g/mol. The van der Waals surface area contributed by atoms with Crippen molar-refractivity contribution in [2.75, 3.05) is 26.7 Å². The molecule has 0 bridgehead atoms. The number of carbonyl (C=O) groups is 2. The number of nitrogens with zero attached hydrogens (tertiary/aromatic N) is 2. The van der Waals surface area contributed by atoms with Crippen LogP contribution >= 0.6 is 0 Å².